The summed E-state index contributed by atoms with van der Waals surface area (Å²) in [5.74, 6) is -1.78. The minimum Gasteiger partial charge on any atom is -0.455 e. The summed E-state index contributed by atoms with van der Waals surface area (Å²) in [4.78, 5) is 10.8. The molecule has 0 aromatic rings. The standard InChI is InChI=1S/C7H12O4/c1-4-6(8)10-5(2)7(3,9)11-4/h4-5,9H,1-3H3/t4-,5+,7?/m0/s1. The molecule has 1 saturated heterocycles. The average molecular weight is 160 g/mol. The van der Waals surface area contributed by atoms with E-state index < -0.39 is 24.0 Å². The van der Waals surface area contributed by atoms with E-state index in [0.29, 0.717) is 0 Å². The fourth-order valence-electron chi connectivity index (χ4n) is 0.881. The van der Waals surface area contributed by atoms with Gasteiger partial charge >= 0.3 is 5.97 Å². The van der Waals surface area contributed by atoms with Crippen molar-refractivity contribution in [2.45, 2.75) is 38.8 Å². The van der Waals surface area contributed by atoms with Crippen molar-refractivity contribution in [1.29, 1.82) is 0 Å². The SMILES string of the molecule is C[C@@H]1OC(C)(O)[C@@H](C)OC1=O. The van der Waals surface area contributed by atoms with Gasteiger partial charge in [0.25, 0.3) is 0 Å². The van der Waals surface area contributed by atoms with Gasteiger partial charge < -0.3 is 14.6 Å². The lowest BCUT2D eigenvalue weighted by molar-refractivity contribution is -0.294. The van der Waals surface area contributed by atoms with Crippen molar-refractivity contribution < 1.29 is 19.4 Å². The second-order valence-electron chi connectivity index (χ2n) is 2.89. The molecule has 4 heteroatoms. The van der Waals surface area contributed by atoms with Gasteiger partial charge in [-0.2, -0.15) is 0 Å². The largest absolute Gasteiger partial charge is 0.455 e. The van der Waals surface area contributed by atoms with Crippen LogP contribution in [0.4, 0.5) is 0 Å². The molecule has 11 heavy (non-hydrogen) atoms. The summed E-state index contributed by atoms with van der Waals surface area (Å²) in [5, 5.41) is 9.43. The molecular weight excluding hydrogens is 148 g/mol. The highest BCUT2D eigenvalue weighted by atomic mass is 16.7. The fraction of sp³-hybridized carbons (Fsp3) is 0.857. The van der Waals surface area contributed by atoms with E-state index in [9.17, 15) is 9.90 Å². The second kappa shape index (κ2) is 2.46. The Kier molecular flexibility index (Phi) is 1.90. The molecule has 1 rings (SSSR count). The van der Waals surface area contributed by atoms with Crippen LogP contribution in [0.5, 0.6) is 0 Å². The van der Waals surface area contributed by atoms with E-state index in [2.05, 4.69) is 0 Å². The number of esters is 1. The molecule has 0 spiro atoms. The van der Waals surface area contributed by atoms with E-state index in [-0.39, 0.29) is 0 Å². The zero-order valence-electron chi connectivity index (χ0n) is 6.83. The van der Waals surface area contributed by atoms with Crippen LogP contribution in [0.2, 0.25) is 0 Å². The third-order valence-electron chi connectivity index (χ3n) is 1.79. The molecule has 1 fully saturated rings. The third-order valence-corrected chi connectivity index (χ3v) is 1.79. The van der Waals surface area contributed by atoms with Crippen molar-refractivity contribution in [2.75, 3.05) is 0 Å². The molecule has 1 aliphatic heterocycles. The Labute approximate surface area is 65.1 Å². The average Bonchev–Trinajstić information content (AvgIpc) is 1.83. The molecule has 3 atom stereocenters. The first-order valence-corrected chi connectivity index (χ1v) is 3.54. The molecule has 1 unspecified atom stereocenters. The maximum Gasteiger partial charge on any atom is 0.335 e. The van der Waals surface area contributed by atoms with Crippen LogP contribution in [0.25, 0.3) is 0 Å². The number of carbonyl (C=O) groups excluding carboxylic acids is 1. The van der Waals surface area contributed by atoms with E-state index in [0.717, 1.165) is 0 Å². The molecule has 64 valence electrons. The summed E-state index contributed by atoms with van der Waals surface area (Å²) in [7, 11) is 0. The highest BCUT2D eigenvalue weighted by Gasteiger charge is 2.41. The number of aliphatic hydroxyl groups is 1. The molecule has 0 saturated carbocycles. The molecule has 0 aromatic heterocycles. The van der Waals surface area contributed by atoms with Crippen molar-refractivity contribution in [3.63, 3.8) is 0 Å². The van der Waals surface area contributed by atoms with Gasteiger partial charge in [-0.05, 0) is 20.8 Å². The number of ether oxygens (including phenoxy) is 2. The predicted molar refractivity (Wildman–Crippen MR) is 36.7 cm³/mol. The second-order valence-corrected chi connectivity index (χ2v) is 2.89. The van der Waals surface area contributed by atoms with Crippen molar-refractivity contribution in [3.05, 3.63) is 0 Å². The Balaban J connectivity index is 2.70. The Morgan fingerprint density at radius 2 is 2.09 bits per heavy atom. The zero-order valence-corrected chi connectivity index (χ0v) is 6.83. The van der Waals surface area contributed by atoms with Crippen molar-refractivity contribution in [1.82, 2.24) is 0 Å². The quantitative estimate of drug-likeness (QED) is 0.508. The van der Waals surface area contributed by atoms with E-state index in [1.807, 2.05) is 0 Å². The zero-order chi connectivity index (χ0) is 8.65. The Morgan fingerprint density at radius 3 is 2.55 bits per heavy atom. The van der Waals surface area contributed by atoms with Crippen LogP contribution in [-0.4, -0.2) is 29.1 Å². The van der Waals surface area contributed by atoms with Crippen LogP contribution in [0.15, 0.2) is 0 Å². The number of carbonyl (C=O) groups is 1. The van der Waals surface area contributed by atoms with Gasteiger partial charge in [-0.3, -0.25) is 0 Å². The number of hydrogen-bond donors (Lipinski definition) is 1. The van der Waals surface area contributed by atoms with Gasteiger partial charge in [0.2, 0.25) is 5.79 Å². The van der Waals surface area contributed by atoms with Gasteiger partial charge in [0, 0.05) is 0 Å². The number of hydrogen-bond acceptors (Lipinski definition) is 4. The number of cyclic esters (lactones) is 1. The summed E-state index contributed by atoms with van der Waals surface area (Å²) >= 11 is 0. The fourth-order valence-corrected chi connectivity index (χ4v) is 0.881. The lowest BCUT2D eigenvalue weighted by atomic mass is 10.1. The Hall–Kier alpha value is -0.610. The smallest absolute Gasteiger partial charge is 0.335 e. The number of rotatable bonds is 0. The van der Waals surface area contributed by atoms with E-state index in [1.165, 1.54) is 6.92 Å². The van der Waals surface area contributed by atoms with Gasteiger partial charge in [0.15, 0.2) is 12.2 Å². The van der Waals surface area contributed by atoms with Gasteiger partial charge in [-0.25, -0.2) is 4.79 Å². The molecule has 4 nitrogen and oxygen atoms in total. The first-order chi connectivity index (χ1) is 4.93. The van der Waals surface area contributed by atoms with E-state index >= 15 is 0 Å². The van der Waals surface area contributed by atoms with Crippen LogP contribution < -0.4 is 0 Å². The van der Waals surface area contributed by atoms with Gasteiger partial charge in [0.1, 0.15) is 0 Å². The van der Waals surface area contributed by atoms with E-state index in [1.54, 1.807) is 13.8 Å². The minimum absolute atomic E-state index is 0.427. The highest BCUT2D eigenvalue weighted by Crippen LogP contribution is 2.23. The molecular formula is C7H12O4. The summed E-state index contributed by atoms with van der Waals surface area (Å²) in [6.07, 6.45) is -1.28. The van der Waals surface area contributed by atoms with Crippen LogP contribution in [0.3, 0.4) is 0 Å². The third kappa shape index (κ3) is 1.52. The van der Waals surface area contributed by atoms with Crippen molar-refractivity contribution in [2.24, 2.45) is 0 Å². The Bertz CT molecular complexity index is 175. The topological polar surface area (TPSA) is 55.8 Å². The van der Waals surface area contributed by atoms with Crippen LogP contribution in [-0.2, 0) is 14.3 Å². The normalized spacial score (nSPS) is 45.3. The molecule has 1 aliphatic rings. The molecule has 0 amide bonds. The summed E-state index contributed by atoms with van der Waals surface area (Å²) in [5.41, 5.74) is 0. The van der Waals surface area contributed by atoms with Crippen LogP contribution >= 0.6 is 0 Å². The van der Waals surface area contributed by atoms with Crippen LogP contribution in [0.1, 0.15) is 20.8 Å². The first kappa shape index (κ1) is 8.49. The Morgan fingerprint density at radius 1 is 1.55 bits per heavy atom. The monoisotopic (exact) mass is 160 g/mol. The summed E-state index contributed by atoms with van der Waals surface area (Å²) < 4.78 is 9.78. The molecule has 0 aromatic carbocycles. The first-order valence-electron chi connectivity index (χ1n) is 3.54. The van der Waals surface area contributed by atoms with Crippen molar-refractivity contribution in [3.8, 4) is 0 Å². The van der Waals surface area contributed by atoms with Gasteiger partial charge in [-0.1, -0.05) is 0 Å². The molecule has 0 bridgehead atoms. The maximum atomic E-state index is 10.8. The summed E-state index contributed by atoms with van der Waals surface area (Å²) in [6, 6.07) is 0. The molecule has 0 aliphatic carbocycles. The van der Waals surface area contributed by atoms with Gasteiger partial charge in [0.05, 0.1) is 0 Å². The molecule has 0 radical (unpaired) electrons. The van der Waals surface area contributed by atoms with Crippen molar-refractivity contribution >= 4 is 5.97 Å². The summed E-state index contributed by atoms with van der Waals surface area (Å²) in [6.45, 7) is 4.60. The van der Waals surface area contributed by atoms with E-state index in [4.69, 9.17) is 9.47 Å². The highest BCUT2D eigenvalue weighted by molar-refractivity contribution is 5.75. The predicted octanol–water partition coefficient (Wildman–Crippen LogP) is 0.0453. The lowest BCUT2D eigenvalue weighted by Crippen LogP contribution is -2.52. The lowest BCUT2D eigenvalue weighted by Gasteiger charge is -2.36. The minimum atomic E-state index is -1.35. The van der Waals surface area contributed by atoms with Crippen LogP contribution in [0, 0.1) is 0 Å². The maximum absolute atomic E-state index is 10.8. The molecule has 1 N–H and O–H groups in total. The molecule has 1 heterocycles. The van der Waals surface area contributed by atoms with Gasteiger partial charge in [-0.15, -0.1) is 0 Å².